The van der Waals surface area contributed by atoms with E-state index in [0.717, 1.165) is 16.5 Å². The zero-order valence-corrected chi connectivity index (χ0v) is 12.4. The molecule has 0 aromatic heterocycles. The molecule has 17 heavy (non-hydrogen) atoms. The molecular formula is C12H16BrNO2S. The monoisotopic (exact) mass is 317 g/mol. The number of hydrogen-bond donors (Lipinski definition) is 1. The van der Waals surface area contributed by atoms with E-state index < -0.39 is 10.8 Å². The third-order valence-corrected chi connectivity index (χ3v) is 3.70. The van der Waals surface area contributed by atoms with Gasteiger partial charge in [0.1, 0.15) is 0 Å². The van der Waals surface area contributed by atoms with Gasteiger partial charge in [-0.15, -0.1) is 0 Å². The SMILES string of the molecule is Cc1ccc(Br)cc1C(=O)NCCCS(C)=O. The number of hydrogen-bond acceptors (Lipinski definition) is 2. The Bertz CT molecular complexity index is 435. The third-order valence-electron chi connectivity index (χ3n) is 2.34. The van der Waals surface area contributed by atoms with Crippen LogP contribution in [0.2, 0.25) is 0 Å². The van der Waals surface area contributed by atoms with Gasteiger partial charge in [0.2, 0.25) is 0 Å². The van der Waals surface area contributed by atoms with Crippen LogP contribution in [0.3, 0.4) is 0 Å². The van der Waals surface area contributed by atoms with Crippen molar-refractivity contribution in [3.05, 3.63) is 33.8 Å². The van der Waals surface area contributed by atoms with Crippen LogP contribution in [0, 0.1) is 6.92 Å². The van der Waals surface area contributed by atoms with Crippen molar-refractivity contribution in [3.8, 4) is 0 Å². The summed E-state index contributed by atoms with van der Waals surface area (Å²) >= 11 is 3.35. The van der Waals surface area contributed by atoms with Crippen molar-refractivity contribution in [1.29, 1.82) is 0 Å². The maximum absolute atomic E-state index is 11.9. The molecule has 0 aliphatic carbocycles. The first kappa shape index (κ1) is 14.4. The van der Waals surface area contributed by atoms with E-state index in [1.54, 1.807) is 6.26 Å². The second kappa shape index (κ2) is 6.91. The summed E-state index contributed by atoms with van der Waals surface area (Å²) in [5.41, 5.74) is 1.63. The lowest BCUT2D eigenvalue weighted by Gasteiger charge is -2.07. The predicted octanol–water partition coefficient (Wildman–Crippen LogP) is 2.26. The summed E-state index contributed by atoms with van der Waals surface area (Å²) in [6.45, 7) is 2.47. The molecule has 1 rings (SSSR count). The van der Waals surface area contributed by atoms with Gasteiger partial charge in [-0.1, -0.05) is 22.0 Å². The van der Waals surface area contributed by atoms with Gasteiger partial charge < -0.3 is 5.32 Å². The molecule has 0 radical (unpaired) electrons. The van der Waals surface area contributed by atoms with Crippen LogP contribution in [0.25, 0.3) is 0 Å². The largest absolute Gasteiger partial charge is 0.352 e. The summed E-state index contributed by atoms with van der Waals surface area (Å²) in [5.74, 6) is 0.545. The molecule has 0 aliphatic rings. The van der Waals surface area contributed by atoms with Gasteiger partial charge in [0.15, 0.2) is 0 Å². The minimum absolute atomic E-state index is 0.0781. The van der Waals surface area contributed by atoms with Gasteiger partial charge in [-0.05, 0) is 31.0 Å². The number of benzene rings is 1. The first-order chi connectivity index (χ1) is 8.00. The Morgan fingerprint density at radius 1 is 1.47 bits per heavy atom. The van der Waals surface area contributed by atoms with Gasteiger partial charge in [0.25, 0.3) is 5.91 Å². The molecule has 1 unspecified atom stereocenters. The molecule has 94 valence electrons. The van der Waals surface area contributed by atoms with E-state index in [1.165, 1.54) is 0 Å². The molecule has 1 atom stereocenters. The van der Waals surface area contributed by atoms with E-state index in [-0.39, 0.29) is 5.91 Å². The fraction of sp³-hybridized carbons (Fsp3) is 0.417. The number of halogens is 1. The van der Waals surface area contributed by atoms with Gasteiger partial charge in [0, 0.05) is 39.4 Å². The van der Waals surface area contributed by atoms with Gasteiger partial charge in [0.05, 0.1) is 0 Å². The number of carbonyl (C=O) groups excluding carboxylic acids is 1. The van der Waals surface area contributed by atoms with E-state index >= 15 is 0 Å². The van der Waals surface area contributed by atoms with Crippen molar-refractivity contribution < 1.29 is 9.00 Å². The van der Waals surface area contributed by atoms with Crippen molar-refractivity contribution >= 4 is 32.6 Å². The van der Waals surface area contributed by atoms with E-state index in [0.29, 0.717) is 17.9 Å². The molecule has 0 spiro atoms. The first-order valence-corrected chi connectivity index (χ1v) is 7.87. The van der Waals surface area contributed by atoms with Gasteiger partial charge in [-0.2, -0.15) is 0 Å². The van der Waals surface area contributed by atoms with Crippen LogP contribution < -0.4 is 5.32 Å². The van der Waals surface area contributed by atoms with Crippen LogP contribution in [0.5, 0.6) is 0 Å². The van der Waals surface area contributed by atoms with Crippen molar-refractivity contribution in [2.75, 3.05) is 18.6 Å². The maximum atomic E-state index is 11.9. The molecule has 1 amide bonds. The van der Waals surface area contributed by atoms with E-state index in [1.807, 2.05) is 25.1 Å². The zero-order chi connectivity index (χ0) is 12.8. The number of rotatable bonds is 5. The molecule has 1 aromatic carbocycles. The Kier molecular flexibility index (Phi) is 5.85. The number of carbonyl (C=O) groups is 1. The second-order valence-electron chi connectivity index (χ2n) is 3.85. The van der Waals surface area contributed by atoms with Crippen molar-refractivity contribution in [2.45, 2.75) is 13.3 Å². The molecule has 1 aromatic rings. The lowest BCUT2D eigenvalue weighted by atomic mass is 10.1. The highest BCUT2D eigenvalue weighted by molar-refractivity contribution is 9.10. The second-order valence-corrected chi connectivity index (χ2v) is 6.32. The molecule has 1 N–H and O–H groups in total. The highest BCUT2D eigenvalue weighted by atomic mass is 79.9. The molecule has 0 bridgehead atoms. The molecule has 0 saturated carbocycles. The number of aryl methyl sites for hydroxylation is 1. The highest BCUT2D eigenvalue weighted by Gasteiger charge is 2.08. The van der Waals surface area contributed by atoms with Crippen LogP contribution >= 0.6 is 15.9 Å². The quantitative estimate of drug-likeness (QED) is 0.847. The van der Waals surface area contributed by atoms with E-state index in [9.17, 15) is 9.00 Å². The van der Waals surface area contributed by atoms with Gasteiger partial charge in [-0.3, -0.25) is 9.00 Å². The fourth-order valence-electron chi connectivity index (χ4n) is 1.41. The Balaban J connectivity index is 2.52. The fourth-order valence-corrected chi connectivity index (χ4v) is 2.32. The molecule has 5 heteroatoms. The van der Waals surface area contributed by atoms with Crippen LogP contribution in [0.1, 0.15) is 22.3 Å². The van der Waals surface area contributed by atoms with Crippen molar-refractivity contribution in [2.24, 2.45) is 0 Å². The van der Waals surface area contributed by atoms with Crippen molar-refractivity contribution in [1.82, 2.24) is 5.32 Å². The average molecular weight is 318 g/mol. The van der Waals surface area contributed by atoms with Crippen LogP contribution in [0.4, 0.5) is 0 Å². The molecule has 0 fully saturated rings. The number of amides is 1. The third kappa shape index (κ3) is 5.00. The predicted molar refractivity (Wildman–Crippen MR) is 74.8 cm³/mol. The summed E-state index contributed by atoms with van der Waals surface area (Å²) in [7, 11) is -0.792. The standard InChI is InChI=1S/C12H16BrNO2S/c1-9-4-5-10(13)8-11(9)12(15)14-6-3-7-17(2)16/h4-5,8H,3,6-7H2,1-2H3,(H,14,15). The Morgan fingerprint density at radius 3 is 2.82 bits per heavy atom. The Labute approximate surface area is 113 Å². The first-order valence-electron chi connectivity index (χ1n) is 5.35. The smallest absolute Gasteiger partial charge is 0.251 e. The minimum atomic E-state index is -0.792. The maximum Gasteiger partial charge on any atom is 0.251 e. The summed E-state index contributed by atoms with van der Waals surface area (Å²) in [6.07, 6.45) is 2.40. The normalized spacial score (nSPS) is 12.2. The lowest BCUT2D eigenvalue weighted by Crippen LogP contribution is -2.26. The molecular weight excluding hydrogens is 302 g/mol. The Hall–Kier alpha value is -0.680. The van der Waals surface area contributed by atoms with E-state index in [4.69, 9.17) is 0 Å². The molecule has 0 aliphatic heterocycles. The Morgan fingerprint density at radius 2 is 2.18 bits per heavy atom. The summed E-state index contributed by atoms with van der Waals surface area (Å²) < 4.78 is 11.7. The average Bonchev–Trinajstić information content (AvgIpc) is 2.27. The van der Waals surface area contributed by atoms with Crippen LogP contribution in [0.15, 0.2) is 22.7 Å². The van der Waals surface area contributed by atoms with Crippen LogP contribution in [-0.4, -0.2) is 28.7 Å². The van der Waals surface area contributed by atoms with Crippen LogP contribution in [-0.2, 0) is 10.8 Å². The highest BCUT2D eigenvalue weighted by Crippen LogP contribution is 2.15. The van der Waals surface area contributed by atoms with Crippen molar-refractivity contribution in [3.63, 3.8) is 0 Å². The summed E-state index contributed by atoms with van der Waals surface area (Å²) in [6, 6.07) is 5.62. The summed E-state index contributed by atoms with van der Waals surface area (Å²) in [4.78, 5) is 11.9. The molecule has 0 heterocycles. The topological polar surface area (TPSA) is 46.2 Å². The van der Waals surface area contributed by atoms with Gasteiger partial charge >= 0.3 is 0 Å². The lowest BCUT2D eigenvalue weighted by molar-refractivity contribution is 0.0953. The minimum Gasteiger partial charge on any atom is -0.352 e. The number of nitrogens with one attached hydrogen (secondary N) is 1. The van der Waals surface area contributed by atoms with Gasteiger partial charge in [-0.25, -0.2) is 0 Å². The zero-order valence-electron chi connectivity index (χ0n) is 9.96. The molecule has 3 nitrogen and oxygen atoms in total. The summed E-state index contributed by atoms with van der Waals surface area (Å²) in [5, 5.41) is 2.83. The molecule has 0 saturated heterocycles. The van der Waals surface area contributed by atoms with E-state index in [2.05, 4.69) is 21.2 Å².